The summed E-state index contributed by atoms with van der Waals surface area (Å²) >= 11 is 15.0. The molecule has 3 aromatic rings. The molecular formula is C24H22Cl2N4O2S2. The summed E-state index contributed by atoms with van der Waals surface area (Å²) in [5.41, 5.74) is 3.40. The Bertz CT molecular complexity index is 1200. The molecule has 1 N–H and O–H groups in total. The van der Waals surface area contributed by atoms with Gasteiger partial charge in [0.2, 0.25) is 5.91 Å². The van der Waals surface area contributed by atoms with Gasteiger partial charge in [0.15, 0.2) is 10.0 Å². The van der Waals surface area contributed by atoms with Gasteiger partial charge in [-0.05, 0) is 29.3 Å². The number of ether oxygens (including phenoxy) is 1. The van der Waals surface area contributed by atoms with Crippen LogP contribution in [0.1, 0.15) is 5.56 Å². The van der Waals surface area contributed by atoms with Gasteiger partial charge in [-0.15, -0.1) is 11.3 Å². The standard InChI is InChI=1S/C24H22Cl2N4O2S2/c1-27-18-4-2-3-17(10-18)22-14-33-24(29-22)34-15-23(31)28-11-19-13-30(7-8-32-19)12-16-5-6-20(25)21(26)9-16/h2-6,9-10,14,19H,7-8,11-13,15H2,(H,28,31)/t19-/m0/s1. The Morgan fingerprint density at radius 1 is 1.29 bits per heavy atom. The van der Waals surface area contributed by atoms with E-state index in [-0.39, 0.29) is 17.8 Å². The van der Waals surface area contributed by atoms with Crippen molar-refractivity contribution in [2.75, 3.05) is 32.0 Å². The molecule has 1 saturated heterocycles. The molecule has 0 bridgehead atoms. The normalized spacial score (nSPS) is 16.2. The highest BCUT2D eigenvalue weighted by atomic mass is 35.5. The first-order valence-electron chi connectivity index (χ1n) is 10.6. The van der Waals surface area contributed by atoms with Gasteiger partial charge in [0, 0.05) is 31.6 Å². The fraction of sp³-hybridized carbons (Fsp3) is 0.292. The van der Waals surface area contributed by atoms with Crippen molar-refractivity contribution in [1.29, 1.82) is 0 Å². The summed E-state index contributed by atoms with van der Waals surface area (Å²) in [6.07, 6.45) is -0.0633. The first-order valence-corrected chi connectivity index (χ1v) is 13.2. The maximum Gasteiger partial charge on any atom is 0.230 e. The van der Waals surface area contributed by atoms with Gasteiger partial charge in [-0.2, -0.15) is 0 Å². The molecule has 0 saturated carbocycles. The van der Waals surface area contributed by atoms with E-state index in [0.717, 1.165) is 40.8 Å². The van der Waals surface area contributed by atoms with Crippen LogP contribution in [0.5, 0.6) is 0 Å². The Morgan fingerprint density at radius 2 is 2.18 bits per heavy atom. The molecule has 1 amide bonds. The third kappa shape index (κ3) is 6.95. The zero-order valence-electron chi connectivity index (χ0n) is 18.2. The summed E-state index contributed by atoms with van der Waals surface area (Å²) < 4.78 is 6.65. The topological polar surface area (TPSA) is 58.8 Å². The fourth-order valence-corrected chi connectivity index (χ4v) is 5.53. The minimum absolute atomic E-state index is 0.0537. The molecule has 1 aliphatic rings. The summed E-state index contributed by atoms with van der Waals surface area (Å²) in [7, 11) is 0. The van der Waals surface area contributed by atoms with Crippen LogP contribution in [0.25, 0.3) is 16.1 Å². The molecule has 2 aromatic carbocycles. The molecular weight excluding hydrogens is 511 g/mol. The summed E-state index contributed by atoms with van der Waals surface area (Å²) in [6, 6.07) is 13.0. The van der Waals surface area contributed by atoms with Crippen LogP contribution >= 0.6 is 46.3 Å². The van der Waals surface area contributed by atoms with E-state index >= 15 is 0 Å². The number of thioether (sulfide) groups is 1. The molecule has 34 heavy (non-hydrogen) atoms. The van der Waals surface area contributed by atoms with E-state index in [1.807, 2.05) is 41.8 Å². The monoisotopic (exact) mass is 532 g/mol. The molecule has 0 aliphatic carbocycles. The molecule has 0 spiro atoms. The van der Waals surface area contributed by atoms with E-state index in [9.17, 15) is 4.79 Å². The lowest BCUT2D eigenvalue weighted by Crippen LogP contribution is -2.47. The minimum Gasteiger partial charge on any atom is -0.374 e. The van der Waals surface area contributed by atoms with Gasteiger partial charge in [0.1, 0.15) is 0 Å². The van der Waals surface area contributed by atoms with Crippen molar-refractivity contribution in [3.05, 3.63) is 74.9 Å². The van der Waals surface area contributed by atoms with Crippen molar-refractivity contribution in [2.45, 2.75) is 17.0 Å². The van der Waals surface area contributed by atoms with Crippen molar-refractivity contribution in [3.8, 4) is 11.3 Å². The van der Waals surface area contributed by atoms with Crippen LogP contribution in [0.4, 0.5) is 5.69 Å². The van der Waals surface area contributed by atoms with E-state index in [2.05, 4.69) is 20.0 Å². The average Bonchev–Trinajstić information content (AvgIpc) is 3.33. The van der Waals surface area contributed by atoms with Crippen LogP contribution in [0.15, 0.2) is 52.2 Å². The summed E-state index contributed by atoms with van der Waals surface area (Å²) in [4.78, 5) is 22.7. The lowest BCUT2D eigenvalue weighted by atomic mass is 10.1. The summed E-state index contributed by atoms with van der Waals surface area (Å²) in [5.74, 6) is 0.233. The number of hydrogen-bond donors (Lipinski definition) is 1. The number of aromatic nitrogens is 1. The number of rotatable bonds is 8. The largest absolute Gasteiger partial charge is 0.374 e. The summed E-state index contributed by atoms with van der Waals surface area (Å²) in [6.45, 7) is 10.5. The molecule has 0 unspecified atom stereocenters. The molecule has 1 atom stereocenters. The van der Waals surface area contributed by atoms with Gasteiger partial charge < -0.3 is 10.1 Å². The number of nitrogens with one attached hydrogen (secondary N) is 1. The number of nitrogens with zero attached hydrogens (tertiary/aromatic N) is 3. The summed E-state index contributed by atoms with van der Waals surface area (Å²) in [5, 5.41) is 6.02. The van der Waals surface area contributed by atoms with Crippen molar-refractivity contribution in [2.24, 2.45) is 0 Å². The lowest BCUT2D eigenvalue weighted by molar-refractivity contribution is -0.119. The second-order valence-corrected chi connectivity index (χ2v) is 10.6. The van der Waals surface area contributed by atoms with E-state index in [0.29, 0.717) is 28.9 Å². The Balaban J connectivity index is 1.21. The molecule has 6 nitrogen and oxygen atoms in total. The third-order valence-electron chi connectivity index (χ3n) is 5.22. The Hall–Kier alpha value is -2.12. The number of carbonyl (C=O) groups is 1. The molecule has 1 aliphatic heterocycles. The molecule has 4 rings (SSSR count). The van der Waals surface area contributed by atoms with Gasteiger partial charge in [-0.1, -0.05) is 59.2 Å². The fourth-order valence-electron chi connectivity index (χ4n) is 3.54. The molecule has 10 heteroatoms. The van der Waals surface area contributed by atoms with Gasteiger partial charge in [-0.3, -0.25) is 9.69 Å². The number of halogens is 2. The zero-order valence-corrected chi connectivity index (χ0v) is 21.3. The van der Waals surface area contributed by atoms with Crippen LogP contribution in [0.2, 0.25) is 10.0 Å². The van der Waals surface area contributed by atoms with Gasteiger partial charge in [0.25, 0.3) is 0 Å². The second kappa shape index (κ2) is 12.0. The number of hydrogen-bond acceptors (Lipinski definition) is 6. The number of carbonyl (C=O) groups excluding carboxylic acids is 1. The Kier molecular flexibility index (Phi) is 8.84. The zero-order chi connectivity index (χ0) is 23.9. The molecule has 176 valence electrons. The third-order valence-corrected chi connectivity index (χ3v) is 7.98. The number of amides is 1. The number of thiazole rings is 1. The van der Waals surface area contributed by atoms with Gasteiger partial charge in [0.05, 0.1) is 40.8 Å². The van der Waals surface area contributed by atoms with Crippen LogP contribution in [0, 0.1) is 6.57 Å². The van der Waals surface area contributed by atoms with Crippen LogP contribution in [-0.4, -0.2) is 53.9 Å². The van der Waals surface area contributed by atoms with Crippen LogP contribution in [-0.2, 0) is 16.1 Å². The van der Waals surface area contributed by atoms with E-state index in [4.69, 9.17) is 34.5 Å². The molecule has 1 fully saturated rings. The maximum absolute atomic E-state index is 12.4. The maximum atomic E-state index is 12.4. The van der Waals surface area contributed by atoms with Gasteiger partial charge >= 0.3 is 0 Å². The number of benzene rings is 2. The van der Waals surface area contributed by atoms with Crippen molar-refractivity contribution in [3.63, 3.8) is 0 Å². The highest BCUT2D eigenvalue weighted by Gasteiger charge is 2.21. The van der Waals surface area contributed by atoms with E-state index in [1.165, 1.54) is 23.1 Å². The van der Waals surface area contributed by atoms with E-state index in [1.54, 1.807) is 6.07 Å². The number of morpholine rings is 1. The second-order valence-electron chi connectivity index (χ2n) is 7.73. The first-order chi connectivity index (χ1) is 16.5. The molecule has 2 heterocycles. The smallest absolute Gasteiger partial charge is 0.230 e. The Labute approximate surface area is 217 Å². The molecule has 1 aromatic heterocycles. The predicted octanol–water partition coefficient (Wildman–Crippen LogP) is 5.78. The molecule has 0 radical (unpaired) electrons. The predicted molar refractivity (Wildman–Crippen MR) is 139 cm³/mol. The Morgan fingerprint density at radius 3 is 3.00 bits per heavy atom. The van der Waals surface area contributed by atoms with Crippen molar-refractivity contribution < 1.29 is 9.53 Å². The first kappa shape index (κ1) is 25.0. The SMILES string of the molecule is [C-]#[N+]c1cccc(-c2csc(SCC(=O)NC[C@H]3CN(Cc4ccc(Cl)c(Cl)c4)CCO3)n2)c1. The van der Waals surface area contributed by atoms with Crippen molar-refractivity contribution >= 4 is 57.9 Å². The lowest BCUT2D eigenvalue weighted by Gasteiger charge is -2.33. The van der Waals surface area contributed by atoms with E-state index < -0.39 is 0 Å². The quantitative estimate of drug-likeness (QED) is 0.294. The van der Waals surface area contributed by atoms with Gasteiger partial charge in [-0.25, -0.2) is 9.83 Å². The van der Waals surface area contributed by atoms with Crippen molar-refractivity contribution in [1.82, 2.24) is 15.2 Å². The van der Waals surface area contributed by atoms with Crippen LogP contribution in [0.3, 0.4) is 0 Å². The minimum atomic E-state index is -0.0633. The highest BCUT2D eigenvalue weighted by molar-refractivity contribution is 8.01. The highest BCUT2D eigenvalue weighted by Crippen LogP contribution is 2.30. The average molecular weight is 534 g/mol. The van der Waals surface area contributed by atoms with Crippen LogP contribution < -0.4 is 5.32 Å².